The number of fused-ring (bicyclic) bond motifs is 2. The highest BCUT2D eigenvalue weighted by Crippen LogP contribution is 2.37. The topological polar surface area (TPSA) is 116 Å². The Morgan fingerprint density at radius 1 is 1.23 bits per heavy atom. The Morgan fingerprint density at radius 3 is 2.65 bits per heavy atom. The number of aromatic nitrogens is 4. The number of hydrogen-bond donors (Lipinski definition) is 2. The van der Waals surface area contributed by atoms with E-state index in [0.717, 1.165) is 17.7 Å². The summed E-state index contributed by atoms with van der Waals surface area (Å²) in [7, 11) is -3.45. The predicted octanol–water partition coefficient (Wildman–Crippen LogP) is 3.37. The number of nitrogens with two attached hydrogens (primary N) is 1. The van der Waals surface area contributed by atoms with Crippen LogP contribution in [0.25, 0.3) is 11.2 Å². The van der Waals surface area contributed by atoms with Gasteiger partial charge in [0.25, 0.3) is 0 Å². The number of anilines is 1. The molecule has 0 saturated carbocycles. The molecule has 11 heteroatoms. The minimum absolute atomic E-state index is 0.226. The molecule has 0 radical (unpaired) electrons. The number of aryl methyl sites for hydroxylation is 2. The summed E-state index contributed by atoms with van der Waals surface area (Å²) in [6.07, 6.45) is 4.83. The maximum atomic E-state index is 12.4. The molecule has 1 aliphatic rings. The van der Waals surface area contributed by atoms with Gasteiger partial charge in [-0.1, -0.05) is 11.8 Å². The summed E-state index contributed by atoms with van der Waals surface area (Å²) >= 11 is 3.91. The summed E-state index contributed by atoms with van der Waals surface area (Å²) in [6, 6.07) is 4.50. The van der Waals surface area contributed by atoms with Crippen LogP contribution in [0.4, 0.5) is 5.82 Å². The van der Waals surface area contributed by atoms with Gasteiger partial charge in [0.05, 0.1) is 4.75 Å². The molecular weight excluding hydrogens is 547 g/mol. The zero-order valence-electron chi connectivity index (χ0n) is 17.6. The van der Waals surface area contributed by atoms with Crippen LogP contribution >= 0.6 is 34.4 Å². The number of halogens is 1. The molecule has 2 heterocycles. The maximum absolute atomic E-state index is 12.4. The van der Waals surface area contributed by atoms with E-state index in [0.29, 0.717) is 28.7 Å². The van der Waals surface area contributed by atoms with E-state index in [2.05, 4.69) is 49.4 Å². The monoisotopic (exact) mass is 572 g/mol. The van der Waals surface area contributed by atoms with Crippen molar-refractivity contribution in [1.82, 2.24) is 24.2 Å². The Kier molecular flexibility index (Phi) is 6.23. The Labute approximate surface area is 200 Å². The standard InChI is InChI=1S/C20H25IN6O2S2/c1-20(2,3)31(28,29)25-7-8-27-18-16(17(22)23-11-24-18)26-19(27)30-15-10-13-6-4-5-12(13)9-14(15)21/h9-11,25H,4-8H2,1-3H3,(H2,22,23,24). The molecule has 0 fully saturated rings. The quantitative estimate of drug-likeness (QED) is 0.436. The first-order chi connectivity index (χ1) is 14.6. The Hall–Kier alpha value is -1.44. The van der Waals surface area contributed by atoms with Crippen LogP contribution in [-0.2, 0) is 29.4 Å². The summed E-state index contributed by atoms with van der Waals surface area (Å²) in [5.41, 5.74) is 9.98. The van der Waals surface area contributed by atoms with Gasteiger partial charge in [-0.25, -0.2) is 28.1 Å². The normalized spacial score (nSPS) is 14.3. The highest BCUT2D eigenvalue weighted by Gasteiger charge is 2.28. The Bertz CT molecular complexity index is 1250. The van der Waals surface area contributed by atoms with Gasteiger partial charge in [-0.15, -0.1) is 0 Å². The molecule has 0 atom stereocenters. The summed E-state index contributed by atoms with van der Waals surface area (Å²) < 4.78 is 29.8. The summed E-state index contributed by atoms with van der Waals surface area (Å²) in [4.78, 5) is 14.2. The zero-order valence-corrected chi connectivity index (χ0v) is 21.4. The molecule has 0 unspecified atom stereocenters. The van der Waals surface area contributed by atoms with Gasteiger partial charge in [-0.2, -0.15) is 0 Å². The summed E-state index contributed by atoms with van der Waals surface area (Å²) in [5.74, 6) is 0.310. The third kappa shape index (κ3) is 4.55. The minimum Gasteiger partial charge on any atom is -0.382 e. The van der Waals surface area contributed by atoms with Crippen molar-refractivity contribution >= 4 is 61.4 Å². The molecule has 4 rings (SSSR count). The van der Waals surface area contributed by atoms with Crippen molar-refractivity contribution < 1.29 is 8.42 Å². The first-order valence-electron chi connectivity index (χ1n) is 10.0. The van der Waals surface area contributed by atoms with Gasteiger partial charge in [0.1, 0.15) is 6.33 Å². The molecule has 166 valence electrons. The number of hydrogen-bond acceptors (Lipinski definition) is 7. The predicted molar refractivity (Wildman–Crippen MR) is 132 cm³/mol. The summed E-state index contributed by atoms with van der Waals surface area (Å²) in [5, 5.41) is 0.716. The number of rotatable bonds is 6. The van der Waals surface area contributed by atoms with Gasteiger partial charge < -0.3 is 10.3 Å². The number of benzene rings is 1. The van der Waals surface area contributed by atoms with Crippen molar-refractivity contribution in [3.05, 3.63) is 33.2 Å². The lowest BCUT2D eigenvalue weighted by atomic mass is 10.1. The molecule has 1 aromatic carbocycles. The van der Waals surface area contributed by atoms with Crippen LogP contribution in [0.1, 0.15) is 38.3 Å². The van der Waals surface area contributed by atoms with Gasteiger partial charge in [0.2, 0.25) is 10.0 Å². The molecule has 3 aromatic rings. The molecule has 0 aliphatic heterocycles. The van der Waals surface area contributed by atoms with Crippen LogP contribution in [0, 0.1) is 3.57 Å². The van der Waals surface area contributed by atoms with Crippen molar-refractivity contribution in [3.8, 4) is 0 Å². The Balaban J connectivity index is 1.67. The van der Waals surface area contributed by atoms with E-state index in [4.69, 9.17) is 10.7 Å². The van der Waals surface area contributed by atoms with Crippen molar-refractivity contribution in [2.75, 3.05) is 12.3 Å². The number of imidazole rings is 1. The van der Waals surface area contributed by atoms with Gasteiger partial charge >= 0.3 is 0 Å². The highest BCUT2D eigenvalue weighted by molar-refractivity contribution is 14.1. The van der Waals surface area contributed by atoms with Crippen molar-refractivity contribution in [2.45, 2.75) is 61.4 Å². The fourth-order valence-corrected chi connectivity index (χ4v) is 6.10. The van der Waals surface area contributed by atoms with Crippen molar-refractivity contribution in [1.29, 1.82) is 0 Å². The SMILES string of the molecule is CC(C)(C)S(=O)(=O)NCCn1c(Sc2cc3c(cc2I)CCC3)nc2c(N)ncnc21. The number of sulfonamides is 1. The van der Waals surface area contributed by atoms with E-state index in [1.165, 1.54) is 27.4 Å². The molecule has 0 amide bonds. The first-order valence-corrected chi connectivity index (χ1v) is 13.4. The second-order valence-electron chi connectivity index (χ2n) is 8.49. The lowest BCUT2D eigenvalue weighted by Gasteiger charge is -2.20. The molecule has 0 spiro atoms. The molecule has 1 aliphatic carbocycles. The van der Waals surface area contributed by atoms with Crippen molar-refractivity contribution in [2.24, 2.45) is 0 Å². The van der Waals surface area contributed by atoms with Crippen molar-refractivity contribution in [3.63, 3.8) is 0 Å². The largest absolute Gasteiger partial charge is 0.382 e. The summed E-state index contributed by atoms with van der Waals surface area (Å²) in [6.45, 7) is 5.63. The molecule has 0 bridgehead atoms. The van der Waals surface area contributed by atoms with Crippen LogP contribution in [-0.4, -0.2) is 39.2 Å². The van der Waals surface area contributed by atoms with E-state index in [-0.39, 0.29) is 6.54 Å². The molecule has 2 aromatic heterocycles. The zero-order chi connectivity index (χ0) is 22.4. The lowest BCUT2D eigenvalue weighted by molar-refractivity contribution is 0.536. The van der Waals surface area contributed by atoms with Gasteiger partial charge in [0, 0.05) is 21.6 Å². The van der Waals surface area contributed by atoms with Crippen LogP contribution in [0.5, 0.6) is 0 Å². The Morgan fingerprint density at radius 2 is 1.94 bits per heavy atom. The number of nitrogens with one attached hydrogen (secondary N) is 1. The molecular formula is C20H25IN6O2S2. The van der Waals surface area contributed by atoms with Crippen LogP contribution in [0.15, 0.2) is 28.5 Å². The second-order valence-corrected chi connectivity index (χ2v) is 13.2. The van der Waals surface area contributed by atoms with E-state index < -0.39 is 14.8 Å². The first kappa shape index (κ1) is 22.7. The molecule has 31 heavy (non-hydrogen) atoms. The molecule has 0 saturated heterocycles. The van der Waals surface area contributed by atoms with Crippen LogP contribution in [0.2, 0.25) is 0 Å². The minimum atomic E-state index is -3.45. The fourth-order valence-electron chi connectivity index (χ4n) is 3.47. The second kappa shape index (κ2) is 8.49. The maximum Gasteiger partial charge on any atom is 0.216 e. The highest BCUT2D eigenvalue weighted by atomic mass is 127. The van der Waals surface area contributed by atoms with Gasteiger partial charge in [-0.3, -0.25) is 0 Å². The molecule has 8 nitrogen and oxygen atoms in total. The third-order valence-corrected chi connectivity index (χ3v) is 9.81. The van der Waals surface area contributed by atoms with E-state index in [1.54, 1.807) is 32.5 Å². The van der Waals surface area contributed by atoms with E-state index >= 15 is 0 Å². The smallest absolute Gasteiger partial charge is 0.216 e. The fraction of sp³-hybridized carbons (Fsp3) is 0.450. The average molecular weight is 572 g/mol. The van der Waals surface area contributed by atoms with Crippen LogP contribution in [0.3, 0.4) is 0 Å². The van der Waals surface area contributed by atoms with E-state index in [9.17, 15) is 8.42 Å². The number of nitrogen functional groups attached to an aromatic ring is 1. The van der Waals surface area contributed by atoms with E-state index in [1.807, 2.05) is 4.57 Å². The van der Waals surface area contributed by atoms with Crippen LogP contribution < -0.4 is 10.5 Å². The number of nitrogens with zero attached hydrogens (tertiary/aromatic N) is 4. The average Bonchev–Trinajstić information content (AvgIpc) is 3.26. The lowest BCUT2D eigenvalue weighted by Crippen LogP contribution is -2.40. The van der Waals surface area contributed by atoms with Gasteiger partial charge in [0.15, 0.2) is 22.1 Å². The molecule has 3 N–H and O–H groups in total. The third-order valence-electron chi connectivity index (χ3n) is 5.31. The van der Waals surface area contributed by atoms with Gasteiger partial charge in [-0.05, 0) is 85.9 Å².